The molecule has 2 aromatic heterocycles. The SMILES string of the molecule is Cc1noc(C)c1-c1cnc(C2CCN(C(=O)CCC(=O)O)CC2)cn1. The molecule has 8 nitrogen and oxygen atoms in total. The highest BCUT2D eigenvalue weighted by atomic mass is 16.5. The zero-order valence-electron chi connectivity index (χ0n) is 14.9. The summed E-state index contributed by atoms with van der Waals surface area (Å²) in [6, 6.07) is 0. The van der Waals surface area contributed by atoms with Crippen LogP contribution in [0, 0.1) is 13.8 Å². The third-order valence-electron chi connectivity index (χ3n) is 4.78. The lowest BCUT2D eigenvalue weighted by Gasteiger charge is -2.31. The minimum atomic E-state index is -0.943. The van der Waals surface area contributed by atoms with Crippen LogP contribution in [0.1, 0.15) is 48.7 Å². The van der Waals surface area contributed by atoms with Gasteiger partial charge in [-0.1, -0.05) is 5.16 Å². The van der Waals surface area contributed by atoms with E-state index in [9.17, 15) is 9.59 Å². The van der Waals surface area contributed by atoms with Gasteiger partial charge in [-0.15, -0.1) is 0 Å². The van der Waals surface area contributed by atoms with Crippen LogP contribution in [0.25, 0.3) is 11.3 Å². The van der Waals surface area contributed by atoms with Crippen LogP contribution in [0.5, 0.6) is 0 Å². The Morgan fingerprint density at radius 1 is 1.19 bits per heavy atom. The van der Waals surface area contributed by atoms with Crippen molar-refractivity contribution in [3.8, 4) is 11.3 Å². The number of carbonyl (C=O) groups is 2. The molecule has 8 heteroatoms. The highest BCUT2D eigenvalue weighted by molar-refractivity contribution is 5.80. The fourth-order valence-corrected chi connectivity index (χ4v) is 3.32. The molecule has 0 unspecified atom stereocenters. The molecule has 0 bridgehead atoms. The number of amides is 1. The van der Waals surface area contributed by atoms with Gasteiger partial charge in [0.15, 0.2) is 0 Å². The summed E-state index contributed by atoms with van der Waals surface area (Å²) in [5.41, 5.74) is 3.32. The lowest BCUT2D eigenvalue weighted by Crippen LogP contribution is -2.38. The summed E-state index contributed by atoms with van der Waals surface area (Å²) in [5.74, 6) is -0.0601. The molecule has 1 aliphatic rings. The minimum absolute atomic E-state index is 0.0614. The molecule has 1 aliphatic heterocycles. The second kappa shape index (κ2) is 7.63. The second-order valence-electron chi connectivity index (χ2n) is 6.57. The first-order valence-electron chi connectivity index (χ1n) is 8.70. The van der Waals surface area contributed by atoms with Crippen LogP contribution in [0.3, 0.4) is 0 Å². The molecule has 0 spiro atoms. The molecule has 0 aromatic carbocycles. The normalized spacial score (nSPS) is 15.2. The van der Waals surface area contributed by atoms with Crippen molar-refractivity contribution in [3.63, 3.8) is 0 Å². The van der Waals surface area contributed by atoms with Crippen LogP contribution >= 0.6 is 0 Å². The Hall–Kier alpha value is -2.77. The van der Waals surface area contributed by atoms with E-state index in [1.54, 1.807) is 17.3 Å². The summed E-state index contributed by atoms with van der Waals surface area (Å²) >= 11 is 0. The Morgan fingerprint density at radius 2 is 1.92 bits per heavy atom. The van der Waals surface area contributed by atoms with E-state index in [1.165, 1.54) is 0 Å². The molecule has 1 saturated heterocycles. The molecule has 0 atom stereocenters. The first-order chi connectivity index (χ1) is 12.5. The number of carbonyl (C=O) groups excluding carboxylic acids is 1. The Kier molecular flexibility index (Phi) is 5.29. The van der Waals surface area contributed by atoms with Crippen molar-refractivity contribution in [3.05, 3.63) is 29.5 Å². The quantitative estimate of drug-likeness (QED) is 0.873. The summed E-state index contributed by atoms with van der Waals surface area (Å²) in [4.78, 5) is 33.4. The van der Waals surface area contributed by atoms with Gasteiger partial charge in [-0.05, 0) is 26.7 Å². The van der Waals surface area contributed by atoms with Crippen molar-refractivity contribution < 1.29 is 19.2 Å². The largest absolute Gasteiger partial charge is 0.481 e. The standard InChI is InChI=1S/C18H22N4O4/c1-11-18(12(2)26-21-11)15-10-19-14(9-20-15)13-5-7-22(8-6-13)16(23)3-4-17(24)25/h9-10,13H,3-8H2,1-2H3,(H,24,25). The highest BCUT2D eigenvalue weighted by Gasteiger charge is 2.25. The van der Waals surface area contributed by atoms with Gasteiger partial charge >= 0.3 is 5.97 Å². The van der Waals surface area contributed by atoms with E-state index >= 15 is 0 Å². The molecule has 2 aromatic rings. The first kappa shape index (κ1) is 18.0. The summed E-state index contributed by atoms with van der Waals surface area (Å²) in [6.07, 6.45) is 5.08. The van der Waals surface area contributed by atoms with E-state index in [0.29, 0.717) is 13.1 Å². The van der Waals surface area contributed by atoms with Crippen molar-refractivity contribution >= 4 is 11.9 Å². The van der Waals surface area contributed by atoms with Gasteiger partial charge in [0.1, 0.15) is 5.76 Å². The van der Waals surface area contributed by atoms with Crippen molar-refractivity contribution in [2.24, 2.45) is 0 Å². The zero-order chi connectivity index (χ0) is 18.7. The minimum Gasteiger partial charge on any atom is -0.481 e. The fourth-order valence-electron chi connectivity index (χ4n) is 3.32. The number of rotatable bonds is 5. The van der Waals surface area contributed by atoms with E-state index in [1.807, 2.05) is 13.8 Å². The van der Waals surface area contributed by atoms with Gasteiger partial charge in [0.25, 0.3) is 0 Å². The maximum Gasteiger partial charge on any atom is 0.303 e. The average Bonchev–Trinajstić information content (AvgIpc) is 2.98. The van der Waals surface area contributed by atoms with Crippen LogP contribution in [0.4, 0.5) is 0 Å². The zero-order valence-corrected chi connectivity index (χ0v) is 14.9. The van der Waals surface area contributed by atoms with Crippen molar-refractivity contribution in [2.75, 3.05) is 13.1 Å². The second-order valence-corrected chi connectivity index (χ2v) is 6.57. The predicted octanol–water partition coefficient (Wildman–Crippen LogP) is 2.32. The lowest BCUT2D eigenvalue weighted by atomic mass is 9.93. The van der Waals surface area contributed by atoms with E-state index in [4.69, 9.17) is 9.63 Å². The van der Waals surface area contributed by atoms with Crippen LogP contribution in [-0.2, 0) is 9.59 Å². The van der Waals surface area contributed by atoms with E-state index in [2.05, 4.69) is 15.1 Å². The Labute approximate surface area is 151 Å². The molecule has 0 saturated carbocycles. The summed E-state index contributed by atoms with van der Waals surface area (Å²) in [7, 11) is 0. The van der Waals surface area contributed by atoms with Crippen molar-refractivity contribution in [1.29, 1.82) is 0 Å². The van der Waals surface area contributed by atoms with Gasteiger partial charge in [0.05, 0.1) is 35.3 Å². The Bertz CT molecular complexity index is 773. The number of likely N-dealkylation sites (tertiary alicyclic amines) is 1. The van der Waals surface area contributed by atoms with Crippen LogP contribution < -0.4 is 0 Å². The average molecular weight is 358 g/mol. The van der Waals surface area contributed by atoms with E-state index < -0.39 is 5.97 Å². The number of aromatic nitrogens is 3. The van der Waals surface area contributed by atoms with Gasteiger partial charge in [0, 0.05) is 31.6 Å². The Balaban J connectivity index is 1.60. The number of hydrogen-bond donors (Lipinski definition) is 1. The van der Waals surface area contributed by atoms with Gasteiger partial charge in [-0.25, -0.2) is 0 Å². The van der Waals surface area contributed by atoms with E-state index in [0.717, 1.165) is 41.2 Å². The molecular formula is C18H22N4O4. The monoisotopic (exact) mass is 358 g/mol. The number of aliphatic carboxylic acids is 1. The lowest BCUT2D eigenvalue weighted by molar-refractivity contribution is -0.141. The Morgan fingerprint density at radius 3 is 2.46 bits per heavy atom. The molecule has 3 heterocycles. The maximum atomic E-state index is 12.0. The molecule has 3 rings (SSSR count). The van der Waals surface area contributed by atoms with Gasteiger partial charge in [0.2, 0.25) is 5.91 Å². The predicted molar refractivity (Wildman–Crippen MR) is 92.4 cm³/mol. The van der Waals surface area contributed by atoms with Gasteiger partial charge in [-0.2, -0.15) is 0 Å². The van der Waals surface area contributed by atoms with Crippen LogP contribution in [0.15, 0.2) is 16.9 Å². The molecule has 138 valence electrons. The smallest absolute Gasteiger partial charge is 0.303 e. The van der Waals surface area contributed by atoms with Crippen molar-refractivity contribution in [1.82, 2.24) is 20.0 Å². The molecule has 1 amide bonds. The first-order valence-corrected chi connectivity index (χ1v) is 8.70. The number of piperidine rings is 1. The number of hydrogen-bond acceptors (Lipinski definition) is 6. The highest BCUT2D eigenvalue weighted by Crippen LogP contribution is 2.29. The summed E-state index contributed by atoms with van der Waals surface area (Å²) in [6.45, 7) is 4.97. The summed E-state index contributed by atoms with van der Waals surface area (Å²) in [5, 5.41) is 12.6. The summed E-state index contributed by atoms with van der Waals surface area (Å²) < 4.78 is 5.17. The van der Waals surface area contributed by atoms with Crippen LogP contribution in [-0.4, -0.2) is 50.1 Å². The number of aryl methyl sites for hydroxylation is 2. The van der Waals surface area contributed by atoms with Crippen LogP contribution in [0.2, 0.25) is 0 Å². The topological polar surface area (TPSA) is 109 Å². The van der Waals surface area contributed by atoms with Gasteiger partial charge < -0.3 is 14.5 Å². The molecule has 0 aliphatic carbocycles. The number of nitrogens with zero attached hydrogens (tertiary/aromatic N) is 4. The molecule has 26 heavy (non-hydrogen) atoms. The fraction of sp³-hybridized carbons (Fsp3) is 0.500. The molecule has 1 fully saturated rings. The number of carboxylic acid groups (broad SMARTS) is 1. The molecule has 1 N–H and O–H groups in total. The molecular weight excluding hydrogens is 336 g/mol. The third kappa shape index (κ3) is 3.89. The molecule has 0 radical (unpaired) electrons. The third-order valence-corrected chi connectivity index (χ3v) is 4.78. The maximum absolute atomic E-state index is 12.0. The van der Waals surface area contributed by atoms with Gasteiger partial charge in [-0.3, -0.25) is 19.6 Å². The van der Waals surface area contributed by atoms with Crippen molar-refractivity contribution in [2.45, 2.75) is 45.4 Å². The number of carboxylic acids is 1. The van der Waals surface area contributed by atoms with E-state index in [-0.39, 0.29) is 24.7 Å².